The molecule has 0 bridgehead atoms. The molecule has 0 fully saturated rings. The van der Waals surface area contributed by atoms with E-state index in [2.05, 4.69) is 15.6 Å². The summed E-state index contributed by atoms with van der Waals surface area (Å²) in [4.78, 5) is 15.9. The van der Waals surface area contributed by atoms with Crippen LogP contribution in [0, 0.1) is 5.92 Å². The quantitative estimate of drug-likeness (QED) is 0.854. The monoisotopic (exact) mass is 315 g/mol. The highest BCUT2D eigenvalue weighted by molar-refractivity contribution is 5.92. The molecule has 0 atom stereocenters. The second kappa shape index (κ2) is 7.49. The molecule has 0 saturated carbocycles. The van der Waals surface area contributed by atoms with Crippen LogP contribution in [0.4, 0.5) is 17.2 Å². The van der Waals surface area contributed by atoms with Crippen LogP contribution in [0.2, 0.25) is 0 Å². The first-order valence-electron chi connectivity index (χ1n) is 7.29. The van der Waals surface area contributed by atoms with Gasteiger partial charge in [-0.15, -0.1) is 0 Å². The van der Waals surface area contributed by atoms with Crippen molar-refractivity contribution < 1.29 is 14.3 Å². The highest BCUT2D eigenvalue weighted by Crippen LogP contribution is 2.31. The molecule has 0 unspecified atom stereocenters. The molecule has 0 aliphatic rings. The first-order chi connectivity index (χ1) is 11.0. The Morgan fingerprint density at radius 1 is 1.13 bits per heavy atom. The molecule has 23 heavy (non-hydrogen) atoms. The summed E-state index contributed by atoms with van der Waals surface area (Å²) in [5, 5.41) is 5.97. The molecule has 122 valence electrons. The Morgan fingerprint density at radius 2 is 1.91 bits per heavy atom. The van der Waals surface area contributed by atoms with Crippen LogP contribution in [0.3, 0.4) is 0 Å². The Bertz CT molecular complexity index is 669. The lowest BCUT2D eigenvalue weighted by molar-refractivity contribution is -0.118. The van der Waals surface area contributed by atoms with Gasteiger partial charge in [0.1, 0.15) is 17.3 Å². The number of hydrogen-bond acceptors (Lipinski definition) is 5. The van der Waals surface area contributed by atoms with Crippen LogP contribution >= 0.6 is 0 Å². The number of hydrogen-bond donors (Lipinski definition) is 2. The van der Waals surface area contributed by atoms with Crippen molar-refractivity contribution in [3.05, 3.63) is 36.5 Å². The van der Waals surface area contributed by atoms with Gasteiger partial charge in [-0.25, -0.2) is 4.98 Å². The first-order valence-corrected chi connectivity index (χ1v) is 7.29. The van der Waals surface area contributed by atoms with Crippen LogP contribution < -0.4 is 20.1 Å². The van der Waals surface area contributed by atoms with Crippen molar-refractivity contribution in [2.45, 2.75) is 13.8 Å². The zero-order valence-electron chi connectivity index (χ0n) is 13.7. The molecule has 6 heteroatoms. The fraction of sp³-hybridized carbons (Fsp3) is 0.294. The van der Waals surface area contributed by atoms with Crippen LogP contribution in [0.5, 0.6) is 11.5 Å². The van der Waals surface area contributed by atoms with E-state index in [0.717, 1.165) is 5.69 Å². The Balaban J connectivity index is 2.10. The number of nitrogens with one attached hydrogen (secondary N) is 2. The minimum absolute atomic E-state index is 0.0377. The Labute approximate surface area is 135 Å². The number of carbonyl (C=O) groups excluding carboxylic acids is 1. The summed E-state index contributed by atoms with van der Waals surface area (Å²) in [5.41, 5.74) is 1.44. The molecule has 0 aliphatic heterocycles. The van der Waals surface area contributed by atoms with Crippen molar-refractivity contribution in [3.8, 4) is 11.5 Å². The van der Waals surface area contributed by atoms with E-state index in [4.69, 9.17) is 9.47 Å². The number of methoxy groups -OCH3 is 2. The van der Waals surface area contributed by atoms with Crippen LogP contribution in [0.25, 0.3) is 0 Å². The van der Waals surface area contributed by atoms with Gasteiger partial charge in [-0.3, -0.25) is 4.79 Å². The number of pyridine rings is 1. The predicted octanol–water partition coefficient (Wildman–Crippen LogP) is 3.44. The van der Waals surface area contributed by atoms with Gasteiger partial charge in [-0.1, -0.05) is 13.8 Å². The molecule has 2 aromatic rings. The fourth-order valence-corrected chi connectivity index (χ4v) is 1.87. The Kier molecular flexibility index (Phi) is 5.41. The van der Waals surface area contributed by atoms with Gasteiger partial charge in [-0.05, 0) is 24.3 Å². The van der Waals surface area contributed by atoms with E-state index in [1.54, 1.807) is 38.6 Å². The van der Waals surface area contributed by atoms with Crippen LogP contribution in [0.15, 0.2) is 36.5 Å². The number of benzene rings is 1. The van der Waals surface area contributed by atoms with Gasteiger partial charge < -0.3 is 20.1 Å². The molecule has 0 aliphatic carbocycles. The van der Waals surface area contributed by atoms with Gasteiger partial charge in [0.05, 0.1) is 31.8 Å². The van der Waals surface area contributed by atoms with E-state index in [9.17, 15) is 4.79 Å². The van der Waals surface area contributed by atoms with Gasteiger partial charge in [0.2, 0.25) is 5.91 Å². The minimum atomic E-state index is -0.0728. The first kappa shape index (κ1) is 16.6. The normalized spacial score (nSPS) is 10.3. The minimum Gasteiger partial charge on any atom is -0.497 e. The molecule has 1 aromatic carbocycles. The molecule has 1 aromatic heterocycles. The lowest BCUT2D eigenvalue weighted by Gasteiger charge is -2.12. The maximum atomic E-state index is 11.6. The van der Waals surface area contributed by atoms with Gasteiger partial charge in [0, 0.05) is 12.0 Å². The molecule has 2 rings (SSSR count). The number of rotatable bonds is 6. The van der Waals surface area contributed by atoms with Crippen molar-refractivity contribution in [3.63, 3.8) is 0 Å². The molecule has 1 amide bonds. The summed E-state index contributed by atoms with van der Waals surface area (Å²) in [6.45, 7) is 3.68. The molecule has 0 radical (unpaired) electrons. The summed E-state index contributed by atoms with van der Waals surface area (Å²) < 4.78 is 10.5. The summed E-state index contributed by atoms with van der Waals surface area (Å²) in [7, 11) is 3.20. The van der Waals surface area contributed by atoms with Crippen molar-refractivity contribution >= 4 is 23.1 Å². The smallest absolute Gasteiger partial charge is 0.226 e. The highest BCUT2D eigenvalue weighted by atomic mass is 16.5. The number of aromatic nitrogens is 1. The topological polar surface area (TPSA) is 72.5 Å². The summed E-state index contributed by atoms with van der Waals surface area (Å²) in [5.74, 6) is 1.91. The van der Waals surface area contributed by atoms with Gasteiger partial charge in [0.25, 0.3) is 0 Å². The van der Waals surface area contributed by atoms with E-state index < -0.39 is 0 Å². The van der Waals surface area contributed by atoms with E-state index in [0.29, 0.717) is 23.0 Å². The van der Waals surface area contributed by atoms with E-state index in [1.165, 1.54) is 0 Å². The SMILES string of the molecule is COc1ccc(Nc2ccc(NC(=O)C(C)C)cn2)c(OC)c1. The van der Waals surface area contributed by atoms with Crippen molar-refractivity contribution in [1.82, 2.24) is 4.98 Å². The molecular weight excluding hydrogens is 294 g/mol. The largest absolute Gasteiger partial charge is 0.497 e. The number of nitrogens with zero attached hydrogens (tertiary/aromatic N) is 1. The second-order valence-electron chi connectivity index (χ2n) is 5.27. The summed E-state index contributed by atoms with van der Waals surface area (Å²) in [6, 6.07) is 9.07. The summed E-state index contributed by atoms with van der Waals surface area (Å²) in [6.07, 6.45) is 1.61. The van der Waals surface area contributed by atoms with E-state index >= 15 is 0 Å². The number of ether oxygens (including phenoxy) is 2. The zero-order valence-corrected chi connectivity index (χ0v) is 13.7. The Hall–Kier alpha value is -2.76. The molecule has 6 nitrogen and oxygen atoms in total. The highest BCUT2D eigenvalue weighted by Gasteiger charge is 2.08. The summed E-state index contributed by atoms with van der Waals surface area (Å²) >= 11 is 0. The van der Waals surface area contributed by atoms with Crippen LogP contribution in [-0.4, -0.2) is 25.1 Å². The molecule has 1 heterocycles. The molecule has 0 spiro atoms. The van der Waals surface area contributed by atoms with E-state index in [1.807, 2.05) is 26.0 Å². The average Bonchev–Trinajstić information content (AvgIpc) is 2.56. The van der Waals surface area contributed by atoms with Gasteiger partial charge in [-0.2, -0.15) is 0 Å². The third kappa shape index (κ3) is 4.35. The number of amides is 1. The zero-order chi connectivity index (χ0) is 16.8. The van der Waals surface area contributed by atoms with Crippen molar-refractivity contribution in [1.29, 1.82) is 0 Å². The third-order valence-electron chi connectivity index (χ3n) is 3.23. The van der Waals surface area contributed by atoms with Gasteiger partial charge in [0.15, 0.2) is 0 Å². The molecule has 2 N–H and O–H groups in total. The average molecular weight is 315 g/mol. The second-order valence-corrected chi connectivity index (χ2v) is 5.27. The maximum Gasteiger partial charge on any atom is 0.226 e. The molecular formula is C17H21N3O3. The van der Waals surface area contributed by atoms with Crippen LogP contribution in [-0.2, 0) is 4.79 Å². The molecule has 0 saturated heterocycles. The number of anilines is 3. The maximum absolute atomic E-state index is 11.6. The Morgan fingerprint density at radius 3 is 2.48 bits per heavy atom. The van der Waals surface area contributed by atoms with Crippen molar-refractivity contribution in [2.75, 3.05) is 24.9 Å². The third-order valence-corrected chi connectivity index (χ3v) is 3.23. The van der Waals surface area contributed by atoms with Crippen molar-refractivity contribution in [2.24, 2.45) is 5.92 Å². The lowest BCUT2D eigenvalue weighted by atomic mass is 10.2. The van der Waals surface area contributed by atoms with Crippen LogP contribution in [0.1, 0.15) is 13.8 Å². The fourth-order valence-electron chi connectivity index (χ4n) is 1.87. The predicted molar refractivity (Wildman–Crippen MR) is 90.5 cm³/mol. The lowest BCUT2D eigenvalue weighted by Crippen LogP contribution is -2.17. The van der Waals surface area contributed by atoms with Gasteiger partial charge >= 0.3 is 0 Å². The number of carbonyl (C=O) groups is 1. The standard InChI is InChI=1S/C17H21N3O3/c1-11(2)17(21)19-12-5-8-16(18-10-12)20-14-7-6-13(22-3)9-15(14)23-4/h5-11H,1-4H3,(H,18,20)(H,19,21). The van der Waals surface area contributed by atoms with E-state index in [-0.39, 0.29) is 11.8 Å².